The topological polar surface area (TPSA) is 71.9 Å². The number of amides is 2. The van der Waals surface area contributed by atoms with Gasteiger partial charge in [0.15, 0.2) is 0 Å². The van der Waals surface area contributed by atoms with Gasteiger partial charge in [-0.3, -0.25) is 14.4 Å². The van der Waals surface area contributed by atoms with Crippen molar-refractivity contribution in [2.24, 2.45) is 0 Å². The zero-order chi connectivity index (χ0) is 20.4. The molecule has 0 unspecified atom stereocenters. The van der Waals surface area contributed by atoms with Crippen molar-refractivity contribution in [3.05, 3.63) is 33.2 Å². The number of fused-ring (bicyclic) bond motifs is 1. The van der Waals surface area contributed by atoms with Crippen LogP contribution >= 0.6 is 11.8 Å². The molecule has 158 valence electrons. The molecule has 1 aromatic heterocycles. The van der Waals surface area contributed by atoms with E-state index in [4.69, 9.17) is 4.74 Å². The Morgan fingerprint density at radius 3 is 2.76 bits per heavy atom. The van der Waals surface area contributed by atoms with Crippen LogP contribution in [0.1, 0.15) is 53.2 Å². The second-order valence-corrected chi connectivity index (χ2v) is 9.00. The van der Waals surface area contributed by atoms with Crippen LogP contribution in [0.5, 0.6) is 0 Å². The van der Waals surface area contributed by atoms with Crippen molar-refractivity contribution in [3.8, 4) is 0 Å². The minimum absolute atomic E-state index is 0.145. The maximum Gasteiger partial charge on any atom is 0.263 e. The number of ether oxygens (including phenoxy) is 1. The fraction of sp³-hybridized carbons (Fsp3) is 0.667. The van der Waals surface area contributed by atoms with Crippen LogP contribution in [-0.4, -0.2) is 71.0 Å². The van der Waals surface area contributed by atoms with Crippen LogP contribution in [-0.2, 0) is 22.5 Å². The SMILES string of the molecule is CSCCC(=O)N1CCc2c(cn(C3CC3)c(=O)c2C(=O)N2CCCOCC2)C1. The molecule has 3 heterocycles. The Kier molecular flexibility index (Phi) is 6.29. The van der Waals surface area contributed by atoms with E-state index in [9.17, 15) is 14.4 Å². The van der Waals surface area contributed by atoms with Crippen LogP contribution in [0.15, 0.2) is 11.0 Å². The van der Waals surface area contributed by atoms with Crippen LogP contribution in [0, 0.1) is 0 Å². The highest BCUT2D eigenvalue weighted by molar-refractivity contribution is 7.98. The summed E-state index contributed by atoms with van der Waals surface area (Å²) in [5.74, 6) is 0.783. The van der Waals surface area contributed by atoms with Gasteiger partial charge in [-0.15, -0.1) is 0 Å². The lowest BCUT2D eigenvalue weighted by Gasteiger charge is -2.31. The predicted octanol–water partition coefficient (Wildman–Crippen LogP) is 1.68. The molecule has 1 aromatic rings. The van der Waals surface area contributed by atoms with Gasteiger partial charge in [-0.1, -0.05) is 0 Å². The lowest BCUT2D eigenvalue weighted by molar-refractivity contribution is -0.131. The number of rotatable bonds is 5. The number of hydrogen-bond acceptors (Lipinski definition) is 5. The molecule has 2 amide bonds. The molecule has 2 fully saturated rings. The Balaban J connectivity index is 1.67. The van der Waals surface area contributed by atoms with Crippen LogP contribution in [0.2, 0.25) is 0 Å². The van der Waals surface area contributed by atoms with Gasteiger partial charge in [0.1, 0.15) is 5.56 Å². The zero-order valence-corrected chi connectivity index (χ0v) is 17.8. The second kappa shape index (κ2) is 8.92. The van der Waals surface area contributed by atoms with E-state index in [1.807, 2.05) is 17.4 Å². The number of carbonyl (C=O) groups excluding carboxylic acids is 2. The van der Waals surface area contributed by atoms with E-state index in [-0.39, 0.29) is 23.4 Å². The molecule has 0 aromatic carbocycles. The Morgan fingerprint density at radius 1 is 1.17 bits per heavy atom. The van der Waals surface area contributed by atoms with E-state index in [0.29, 0.717) is 57.8 Å². The van der Waals surface area contributed by atoms with E-state index in [1.165, 1.54) is 0 Å². The molecule has 2 aliphatic heterocycles. The summed E-state index contributed by atoms with van der Waals surface area (Å²) in [5.41, 5.74) is 1.96. The molecular weight excluding hydrogens is 390 g/mol. The van der Waals surface area contributed by atoms with Gasteiger partial charge in [-0.05, 0) is 43.1 Å². The third-order valence-corrected chi connectivity index (χ3v) is 6.57. The number of pyridine rings is 1. The van der Waals surface area contributed by atoms with Gasteiger partial charge < -0.3 is 19.1 Å². The summed E-state index contributed by atoms with van der Waals surface area (Å²) in [7, 11) is 0. The van der Waals surface area contributed by atoms with Crippen molar-refractivity contribution in [1.82, 2.24) is 14.4 Å². The summed E-state index contributed by atoms with van der Waals surface area (Å²) in [6.45, 7) is 3.34. The van der Waals surface area contributed by atoms with Crippen molar-refractivity contribution in [2.45, 2.75) is 44.7 Å². The summed E-state index contributed by atoms with van der Waals surface area (Å²) in [6, 6.07) is 0.189. The smallest absolute Gasteiger partial charge is 0.263 e. The average Bonchev–Trinajstić information content (AvgIpc) is 3.58. The van der Waals surface area contributed by atoms with E-state index < -0.39 is 0 Å². The monoisotopic (exact) mass is 419 g/mol. The minimum atomic E-state index is -0.172. The van der Waals surface area contributed by atoms with Gasteiger partial charge in [-0.25, -0.2) is 0 Å². The van der Waals surface area contributed by atoms with Crippen molar-refractivity contribution in [1.29, 1.82) is 0 Å². The number of nitrogens with zero attached hydrogens (tertiary/aromatic N) is 3. The molecule has 0 atom stereocenters. The highest BCUT2D eigenvalue weighted by Gasteiger charge is 2.33. The predicted molar refractivity (Wildman–Crippen MR) is 112 cm³/mol. The molecule has 1 aliphatic carbocycles. The Hall–Kier alpha value is -1.80. The molecule has 1 saturated heterocycles. The molecule has 4 rings (SSSR count). The number of thioether (sulfide) groups is 1. The first kappa shape index (κ1) is 20.5. The molecule has 0 radical (unpaired) electrons. The molecule has 8 heteroatoms. The number of hydrogen-bond donors (Lipinski definition) is 0. The Bertz CT molecular complexity index is 841. The lowest BCUT2D eigenvalue weighted by Crippen LogP contribution is -2.43. The van der Waals surface area contributed by atoms with Gasteiger partial charge >= 0.3 is 0 Å². The fourth-order valence-corrected chi connectivity index (χ4v) is 4.57. The summed E-state index contributed by atoms with van der Waals surface area (Å²) >= 11 is 1.67. The molecule has 29 heavy (non-hydrogen) atoms. The van der Waals surface area contributed by atoms with Crippen LogP contribution < -0.4 is 5.56 Å². The summed E-state index contributed by atoms with van der Waals surface area (Å²) in [6.07, 6.45) is 7.73. The van der Waals surface area contributed by atoms with Crippen LogP contribution in [0.4, 0.5) is 0 Å². The van der Waals surface area contributed by atoms with Crippen molar-refractivity contribution in [2.75, 3.05) is 44.9 Å². The summed E-state index contributed by atoms with van der Waals surface area (Å²) < 4.78 is 7.22. The molecule has 0 N–H and O–H groups in total. The zero-order valence-electron chi connectivity index (χ0n) is 17.0. The average molecular weight is 420 g/mol. The Morgan fingerprint density at radius 2 is 2.00 bits per heavy atom. The van der Waals surface area contributed by atoms with Gasteiger partial charge in [0.05, 0.1) is 6.61 Å². The highest BCUT2D eigenvalue weighted by Crippen LogP contribution is 2.35. The van der Waals surface area contributed by atoms with Crippen LogP contribution in [0.25, 0.3) is 0 Å². The maximum absolute atomic E-state index is 13.4. The standard InChI is InChI=1S/C21H29N3O4S/c1-29-12-6-18(25)23-8-5-17-15(13-23)14-24(16-3-4-16)21(27)19(17)20(26)22-7-2-10-28-11-9-22/h14,16H,2-13H2,1H3. The molecule has 7 nitrogen and oxygen atoms in total. The summed E-state index contributed by atoms with van der Waals surface area (Å²) in [4.78, 5) is 42.8. The van der Waals surface area contributed by atoms with Gasteiger partial charge in [0.25, 0.3) is 11.5 Å². The lowest BCUT2D eigenvalue weighted by atomic mass is 9.95. The quantitative estimate of drug-likeness (QED) is 0.726. The van der Waals surface area contributed by atoms with Crippen molar-refractivity contribution < 1.29 is 14.3 Å². The molecule has 0 bridgehead atoms. The third kappa shape index (κ3) is 4.38. The van der Waals surface area contributed by atoms with Crippen molar-refractivity contribution >= 4 is 23.6 Å². The van der Waals surface area contributed by atoms with E-state index in [2.05, 4.69) is 0 Å². The fourth-order valence-electron chi connectivity index (χ4n) is 4.19. The minimum Gasteiger partial charge on any atom is -0.380 e. The summed E-state index contributed by atoms with van der Waals surface area (Å²) in [5, 5.41) is 0. The van der Waals surface area contributed by atoms with Gasteiger partial charge in [0.2, 0.25) is 5.91 Å². The van der Waals surface area contributed by atoms with Crippen LogP contribution in [0.3, 0.4) is 0 Å². The molecule has 0 spiro atoms. The van der Waals surface area contributed by atoms with E-state index in [0.717, 1.165) is 36.1 Å². The number of carbonyl (C=O) groups is 2. The Labute approximate surface area is 175 Å². The highest BCUT2D eigenvalue weighted by atomic mass is 32.2. The van der Waals surface area contributed by atoms with Gasteiger partial charge in [0, 0.05) is 57.2 Å². The second-order valence-electron chi connectivity index (χ2n) is 8.02. The molecule has 1 saturated carbocycles. The van der Waals surface area contributed by atoms with Crippen molar-refractivity contribution in [3.63, 3.8) is 0 Å². The van der Waals surface area contributed by atoms with Gasteiger partial charge in [-0.2, -0.15) is 11.8 Å². The largest absolute Gasteiger partial charge is 0.380 e. The maximum atomic E-state index is 13.4. The molecular formula is C21H29N3O4S. The molecule has 3 aliphatic rings. The third-order valence-electron chi connectivity index (χ3n) is 5.96. The first-order chi connectivity index (χ1) is 14.1. The number of aromatic nitrogens is 1. The van der Waals surface area contributed by atoms with E-state index >= 15 is 0 Å². The normalized spacial score (nSPS) is 19.6. The first-order valence-electron chi connectivity index (χ1n) is 10.5. The first-order valence-corrected chi connectivity index (χ1v) is 11.9. The van der Waals surface area contributed by atoms with E-state index in [1.54, 1.807) is 21.2 Å².